The fourth-order valence-electron chi connectivity index (χ4n) is 3.15. The topological polar surface area (TPSA) is 80.5 Å². The SMILES string of the molecule is CC(C(=O)NCc1ccccc1Cn1ccnc1)n1c(-c2cccs2)n[nH]c1=S. The Balaban J connectivity index is 1.49. The fraction of sp³-hybridized carbons (Fsp3) is 0.200. The number of amides is 1. The summed E-state index contributed by atoms with van der Waals surface area (Å²) < 4.78 is 4.19. The molecular formula is C20H20N6OS2. The second-order valence-electron chi connectivity index (χ2n) is 6.60. The van der Waals surface area contributed by atoms with Crippen molar-refractivity contribution in [1.82, 2.24) is 29.6 Å². The van der Waals surface area contributed by atoms with Crippen LogP contribution in [0.1, 0.15) is 24.1 Å². The van der Waals surface area contributed by atoms with E-state index in [4.69, 9.17) is 12.2 Å². The lowest BCUT2D eigenvalue weighted by Crippen LogP contribution is -2.31. The third kappa shape index (κ3) is 4.20. The van der Waals surface area contributed by atoms with Crippen molar-refractivity contribution < 1.29 is 4.79 Å². The van der Waals surface area contributed by atoms with Gasteiger partial charge in [-0.3, -0.25) is 14.5 Å². The van der Waals surface area contributed by atoms with Gasteiger partial charge < -0.3 is 9.88 Å². The molecule has 9 heteroatoms. The first kappa shape index (κ1) is 19.3. The van der Waals surface area contributed by atoms with Gasteiger partial charge in [0.1, 0.15) is 6.04 Å². The van der Waals surface area contributed by atoms with Crippen molar-refractivity contribution in [3.8, 4) is 10.7 Å². The van der Waals surface area contributed by atoms with E-state index in [-0.39, 0.29) is 5.91 Å². The number of aromatic nitrogens is 5. The van der Waals surface area contributed by atoms with Crippen LogP contribution in [0.3, 0.4) is 0 Å². The van der Waals surface area contributed by atoms with E-state index >= 15 is 0 Å². The third-order valence-electron chi connectivity index (χ3n) is 4.70. The molecule has 0 spiro atoms. The maximum atomic E-state index is 12.9. The average Bonchev–Trinajstić information content (AvgIpc) is 3.48. The van der Waals surface area contributed by atoms with Crippen LogP contribution < -0.4 is 5.32 Å². The molecule has 0 aliphatic heterocycles. The average molecular weight is 425 g/mol. The zero-order valence-electron chi connectivity index (χ0n) is 15.8. The number of carbonyl (C=O) groups is 1. The number of thiophene rings is 1. The molecule has 4 rings (SSSR count). The van der Waals surface area contributed by atoms with E-state index in [2.05, 4.69) is 26.6 Å². The Kier molecular flexibility index (Phi) is 5.68. The number of hydrogen-bond acceptors (Lipinski definition) is 5. The van der Waals surface area contributed by atoms with Crippen molar-refractivity contribution in [2.75, 3.05) is 0 Å². The van der Waals surface area contributed by atoms with Crippen LogP contribution in [0.25, 0.3) is 10.7 Å². The molecule has 2 N–H and O–H groups in total. The van der Waals surface area contributed by atoms with Crippen LogP contribution in [-0.4, -0.2) is 30.2 Å². The van der Waals surface area contributed by atoms with Crippen molar-refractivity contribution >= 4 is 29.5 Å². The van der Waals surface area contributed by atoms with Crippen molar-refractivity contribution in [1.29, 1.82) is 0 Å². The molecule has 1 atom stereocenters. The van der Waals surface area contributed by atoms with E-state index in [0.717, 1.165) is 16.0 Å². The molecule has 148 valence electrons. The molecule has 0 saturated heterocycles. The Morgan fingerprint density at radius 3 is 2.83 bits per heavy atom. The van der Waals surface area contributed by atoms with E-state index in [1.807, 2.05) is 53.4 Å². The lowest BCUT2D eigenvalue weighted by atomic mass is 10.1. The fourth-order valence-corrected chi connectivity index (χ4v) is 4.15. The monoisotopic (exact) mass is 424 g/mol. The molecule has 4 aromatic rings. The van der Waals surface area contributed by atoms with E-state index in [1.54, 1.807) is 28.4 Å². The van der Waals surface area contributed by atoms with Crippen LogP contribution in [0.15, 0.2) is 60.5 Å². The van der Waals surface area contributed by atoms with Gasteiger partial charge in [-0.25, -0.2) is 4.98 Å². The number of nitrogens with one attached hydrogen (secondary N) is 2. The Bertz CT molecular complexity index is 1140. The standard InChI is InChI=1S/C20H20N6OS2/c1-14(26-18(23-24-20(26)28)17-7-4-10-29-17)19(27)22-11-15-5-2-3-6-16(15)12-25-9-8-21-13-25/h2-10,13-14H,11-12H2,1H3,(H,22,27)(H,24,28). The predicted octanol–water partition coefficient (Wildman–Crippen LogP) is 3.79. The molecule has 7 nitrogen and oxygen atoms in total. The van der Waals surface area contributed by atoms with Gasteiger partial charge in [-0.1, -0.05) is 30.3 Å². The zero-order valence-corrected chi connectivity index (χ0v) is 17.4. The number of carbonyl (C=O) groups excluding carboxylic acids is 1. The van der Waals surface area contributed by atoms with Crippen molar-refractivity contribution in [2.24, 2.45) is 0 Å². The van der Waals surface area contributed by atoms with Crippen LogP contribution in [0.2, 0.25) is 0 Å². The summed E-state index contributed by atoms with van der Waals surface area (Å²) in [5.74, 6) is 0.561. The summed E-state index contributed by atoms with van der Waals surface area (Å²) in [6.45, 7) is 2.97. The molecule has 0 aliphatic carbocycles. The van der Waals surface area contributed by atoms with Gasteiger partial charge in [0.05, 0.1) is 11.2 Å². The number of imidazole rings is 1. The van der Waals surface area contributed by atoms with Gasteiger partial charge >= 0.3 is 0 Å². The van der Waals surface area contributed by atoms with Gasteiger partial charge in [-0.2, -0.15) is 5.10 Å². The number of rotatable bonds is 7. The first-order chi connectivity index (χ1) is 14.1. The van der Waals surface area contributed by atoms with Gasteiger partial charge in [-0.15, -0.1) is 11.3 Å². The minimum absolute atomic E-state index is 0.113. The molecule has 3 aromatic heterocycles. The number of aromatic amines is 1. The summed E-state index contributed by atoms with van der Waals surface area (Å²) in [6, 6.07) is 11.5. The normalized spacial score (nSPS) is 12.0. The predicted molar refractivity (Wildman–Crippen MR) is 115 cm³/mol. The largest absolute Gasteiger partial charge is 0.350 e. The minimum atomic E-state index is -0.487. The maximum absolute atomic E-state index is 12.9. The lowest BCUT2D eigenvalue weighted by molar-refractivity contribution is -0.124. The molecule has 0 fully saturated rings. The first-order valence-corrected chi connectivity index (χ1v) is 10.4. The summed E-state index contributed by atoms with van der Waals surface area (Å²) in [4.78, 5) is 17.9. The van der Waals surface area contributed by atoms with Crippen LogP contribution in [0.5, 0.6) is 0 Å². The Morgan fingerprint density at radius 1 is 1.28 bits per heavy atom. The highest BCUT2D eigenvalue weighted by Crippen LogP contribution is 2.25. The van der Waals surface area contributed by atoms with Gasteiger partial charge in [0, 0.05) is 25.5 Å². The number of benzene rings is 1. The van der Waals surface area contributed by atoms with Gasteiger partial charge in [0.25, 0.3) is 0 Å². The smallest absolute Gasteiger partial charge is 0.243 e. The quantitative estimate of drug-likeness (QED) is 0.442. The molecule has 29 heavy (non-hydrogen) atoms. The van der Waals surface area contributed by atoms with E-state index in [0.29, 0.717) is 23.7 Å². The highest BCUT2D eigenvalue weighted by atomic mass is 32.1. The Labute approximate surface area is 177 Å². The highest BCUT2D eigenvalue weighted by molar-refractivity contribution is 7.71. The second-order valence-corrected chi connectivity index (χ2v) is 7.93. The van der Waals surface area contributed by atoms with Gasteiger partial charge in [0.15, 0.2) is 10.6 Å². The number of nitrogens with zero attached hydrogens (tertiary/aromatic N) is 4. The molecule has 0 radical (unpaired) electrons. The third-order valence-corrected chi connectivity index (χ3v) is 5.85. The van der Waals surface area contributed by atoms with Crippen LogP contribution in [-0.2, 0) is 17.9 Å². The molecule has 0 aliphatic rings. The van der Waals surface area contributed by atoms with Gasteiger partial charge in [0.2, 0.25) is 5.91 Å². The van der Waals surface area contributed by atoms with Crippen molar-refractivity contribution in [3.05, 3.63) is 76.4 Å². The second kappa shape index (κ2) is 8.54. The molecule has 3 heterocycles. The summed E-state index contributed by atoms with van der Waals surface area (Å²) >= 11 is 6.92. The summed E-state index contributed by atoms with van der Waals surface area (Å²) in [7, 11) is 0. The molecule has 1 aromatic carbocycles. The summed E-state index contributed by atoms with van der Waals surface area (Å²) in [5, 5.41) is 12.1. The van der Waals surface area contributed by atoms with Crippen LogP contribution in [0.4, 0.5) is 0 Å². The van der Waals surface area contributed by atoms with Crippen LogP contribution in [0, 0.1) is 4.77 Å². The zero-order chi connectivity index (χ0) is 20.2. The maximum Gasteiger partial charge on any atom is 0.243 e. The number of H-pyrrole nitrogens is 1. The van der Waals surface area contributed by atoms with Crippen molar-refractivity contribution in [2.45, 2.75) is 26.1 Å². The summed E-state index contributed by atoms with van der Waals surface area (Å²) in [6.07, 6.45) is 5.46. The Morgan fingerprint density at radius 2 is 2.10 bits per heavy atom. The minimum Gasteiger partial charge on any atom is -0.350 e. The summed E-state index contributed by atoms with van der Waals surface area (Å²) in [5.41, 5.74) is 2.20. The Hall–Kier alpha value is -3.04. The van der Waals surface area contributed by atoms with Gasteiger partial charge in [-0.05, 0) is 41.7 Å². The van der Waals surface area contributed by atoms with Crippen molar-refractivity contribution in [3.63, 3.8) is 0 Å². The van der Waals surface area contributed by atoms with E-state index in [1.165, 1.54) is 0 Å². The molecular weight excluding hydrogens is 404 g/mol. The molecule has 0 bridgehead atoms. The molecule has 1 amide bonds. The van der Waals surface area contributed by atoms with E-state index in [9.17, 15) is 4.79 Å². The number of hydrogen-bond donors (Lipinski definition) is 2. The first-order valence-electron chi connectivity index (χ1n) is 9.14. The van der Waals surface area contributed by atoms with Crippen LogP contribution >= 0.6 is 23.6 Å². The lowest BCUT2D eigenvalue weighted by Gasteiger charge is -2.16. The molecule has 1 unspecified atom stereocenters. The molecule has 0 saturated carbocycles. The van der Waals surface area contributed by atoms with E-state index < -0.39 is 6.04 Å². The highest BCUT2D eigenvalue weighted by Gasteiger charge is 2.21.